The Kier molecular flexibility index (Phi) is 5.56. The molecule has 1 aliphatic heterocycles. The number of ether oxygens (including phenoxy) is 1. The summed E-state index contributed by atoms with van der Waals surface area (Å²) >= 11 is 0. The van der Waals surface area contributed by atoms with Crippen LogP contribution >= 0.6 is 0 Å². The van der Waals surface area contributed by atoms with Crippen LogP contribution in [0.15, 0.2) is 194 Å². The van der Waals surface area contributed by atoms with Gasteiger partial charge in [-0.2, -0.15) is 0 Å². The van der Waals surface area contributed by atoms with Gasteiger partial charge in [0.1, 0.15) is 11.5 Å². The van der Waals surface area contributed by atoms with E-state index >= 15 is 0 Å². The van der Waals surface area contributed by atoms with Crippen molar-refractivity contribution in [2.24, 2.45) is 0 Å². The average Bonchev–Trinajstić information content (AvgIpc) is 3.84. The molecular formula is C54H32O. The smallest absolute Gasteiger partial charge is 0.140 e. The Labute approximate surface area is 319 Å². The van der Waals surface area contributed by atoms with E-state index in [0.29, 0.717) is 0 Å². The van der Waals surface area contributed by atoms with Crippen molar-refractivity contribution < 1.29 is 4.74 Å². The molecular weight excluding hydrogens is 665 g/mol. The molecule has 0 N–H and O–H groups in total. The Hall–Kier alpha value is -6.96. The molecule has 1 unspecified atom stereocenters. The summed E-state index contributed by atoms with van der Waals surface area (Å²) in [5.41, 5.74) is 19.6. The maximum atomic E-state index is 7.10. The van der Waals surface area contributed by atoms with Crippen molar-refractivity contribution in [3.05, 3.63) is 239 Å². The molecule has 13 rings (SSSR count). The number of rotatable bonds is 1. The lowest BCUT2D eigenvalue weighted by molar-refractivity contribution is 0.438. The molecule has 1 heteroatoms. The van der Waals surface area contributed by atoms with Crippen molar-refractivity contribution in [1.29, 1.82) is 0 Å². The van der Waals surface area contributed by atoms with Gasteiger partial charge in [0.25, 0.3) is 0 Å². The first-order valence-electron chi connectivity index (χ1n) is 19.3. The Morgan fingerprint density at radius 3 is 1.53 bits per heavy atom. The molecule has 1 atom stereocenters. The molecule has 0 radical (unpaired) electrons. The maximum absolute atomic E-state index is 7.10. The zero-order chi connectivity index (χ0) is 35.9. The quantitative estimate of drug-likeness (QED) is 0.166. The molecule has 9 aromatic carbocycles. The maximum Gasteiger partial charge on any atom is 0.140 e. The first-order chi connectivity index (χ1) is 27.3. The molecule has 254 valence electrons. The van der Waals surface area contributed by atoms with E-state index in [-0.39, 0.29) is 0 Å². The third kappa shape index (κ3) is 3.42. The van der Waals surface area contributed by atoms with Gasteiger partial charge < -0.3 is 4.74 Å². The van der Waals surface area contributed by atoms with Crippen LogP contribution in [0.3, 0.4) is 0 Å². The van der Waals surface area contributed by atoms with Crippen LogP contribution in [-0.4, -0.2) is 0 Å². The summed E-state index contributed by atoms with van der Waals surface area (Å²) < 4.78 is 7.10. The highest BCUT2D eigenvalue weighted by atomic mass is 16.5. The molecule has 0 amide bonds. The van der Waals surface area contributed by atoms with Crippen molar-refractivity contribution in [2.45, 2.75) is 10.8 Å². The van der Waals surface area contributed by atoms with Gasteiger partial charge in [0.05, 0.1) is 10.8 Å². The Balaban J connectivity index is 1.08. The normalized spacial score (nSPS) is 16.7. The van der Waals surface area contributed by atoms with Gasteiger partial charge in [-0.05, 0) is 95.2 Å². The summed E-state index contributed by atoms with van der Waals surface area (Å²) in [6.07, 6.45) is 0. The first kappa shape index (κ1) is 29.5. The fraction of sp³-hybridized carbons (Fsp3) is 0.0370. The number of hydrogen-bond acceptors (Lipinski definition) is 1. The van der Waals surface area contributed by atoms with Gasteiger partial charge in [0.2, 0.25) is 0 Å². The van der Waals surface area contributed by atoms with E-state index in [1.54, 1.807) is 0 Å². The molecule has 0 fully saturated rings. The highest BCUT2D eigenvalue weighted by Gasteiger charge is 2.53. The summed E-state index contributed by atoms with van der Waals surface area (Å²) in [4.78, 5) is 0. The first-order valence-corrected chi connectivity index (χ1v) is 19.3. The van der Waals surface area contributed by atoms with Crippen LogP contribution in [0.25, 0.3) is 55.3 Å². The number of para-hydroxylation sites is 2. The summed E-state index contributed by atoms with van der Waals surface area (Å²) in [5.74, 6) is 1.84. The third-order valence-corrected chi connectivity index (χ3v) is 13.2. The Morgan fingerprint density at radius 1 is 0.309 bits per heavy atom. The molecule has 4 aliphatic rings. The van der Waals surface area contributed by atoms with Gasteiger partial charge in [0.15, 0.2) is 0 Å². The van der Waals surface area contributed by atoms with Crippen molar-refractivity contribution in [3.8, 4) is 56.0 Å². The molecule has 55 heavy (non-hydrogen) atoms. The topological polar surface area (TPSA) is 9.23 Å². The molecule has 0 saturated carbocycles. The van der Waals surface area contributed by atoms with E-state index in [1.165, 1.54) is 88.7 Å². The standard InChI is InChI=1S/C54H32O/c1-2-15-35-33(14-1)28-31-48-51(35)40-19-6-10-24-45(40)53(48)44-23-9-5-18-39(44)41-32-34(29-30-46(41)53)36-20-13-26-49-52(36)55-50-27-12-11-25-47(50)54(49)42-21-7-3-16-37(42)38-17-4-8-22-43(38)54/h1-32H. The molecule has 1 nitrogen and oxygen atoms in total. The monoisotopic (exact) mass is 696 g/mol. The second-order valence-corrected chi connectivity index (χ2v) is 15.4. The Bertz CT molecular complexity index is 3100. The van der Waals surface area contributed by atoms with Crippen molar-refractivity contribution >= 4 is 10.8 Å². The van der Waals surface area contributed by atoms with Crippen LogP contribution in [0, 0.1) is 0 Å². The van der Waals surface area contributed by atoms with E-state index in [0.717, 1.165) is 22.6 Å². The van der Waals surface area contributed by atoms with Gasteiger partial charge in [-0.1, -0.05) is 182 Å². The second-order valence-electron chi connectivity index (χ2n) is 15.4. The fourth-order valence-electron chi connectivity index (χ4n) is 11.2. The lowest BCUT2D eigenvalue weighted by Crippen LogP contribution is -2.32. The number of hydrogen-bond donors (Lipinski definition) is 0. The zero-order valence-corrected chi connectivity index (χ0v) is 29.9. The molecule has 1 heterocycles. The minimum absolute atomic E-state index is 0.409. The minimum atomic E-state index is -0.499. The van der Waals surface area contributed by atoms with E-state index < -0.39 is 10.8 Å². The summed E-state index contributed by atoms with van der Waals surface area (Å²) in [7, 11) is 0. The minimum Gasteiger partial charge on any atom is -0.456 e. The molecule has 0 aromatic heterocycles. The summed E-state index contributed by atoms with van der Waals surface area (Å²) in [6.45, 7) is 0. The van der Waals surface area contributed by atoms with E-state index in [2.05, 4.69) is 194 Å². The Morgan fingerprint density at radius 2 is 0.800 bits per heavy atom. The number of benzene rings is 9. The van der Waals surface area contributed by atoms with Gasteiger partial charge in [-0.25, -0.2) is 0 Å². The summed E-state index contributed by atoms with van der Waals surface area (Å²) in [5, 5.41) is 2.58. The van der Waals surface area contributed by atoms with Crippen LogP contribution in [0.4, 0.5) is 0 Å². The predicted octanol–water partition coefficient (Wildman–Crippen LogP) is 13.3. The molecule has 0 saturated heterocycles. The van der Waals surface area contributed by atoms with Crippen LogP contribution < -0.4 is 4.74 Å². The van der Waals surface area contributed by atoms with Crippen molar-refractivity contribution in [1.82, 2.24) is 0 Å². The van der Waals surface area contributed by atoms with Crippen molar-refractivity contribution in [2.75, 3.05) is 0 Å². The zero-order valence-electron chi connectivity index (χ0n) is 29.9. The highest BCUT2D eigenvalue weighted by molar-refractivity contribution is 6.06. The molecule has 9 aromatic rings. The van der Waals surface area contributed by atoms with Gasteiger partial charge in [-0.3, -0.25) is 0 Å². The third-order valence-electron chi connectivity index (χ3n) is 13.2. The molecule has 3 aliphatic carbocycles. The van der Waals surface area contributed by atoms with Gasteiger partial charge >= 0.3 is 0 Å². The van der Waals surface area contributed by atoms with Crippen LogP contribution in [0.2, 0.25) is 0 Å². The SMILES string of the molecule is c1ccc2c(c1)Oc1c(-c3ccc4c(c3)-c3ccccc3C43c4ccccc4-c4c3ccc3ccccc43)cccc1C21c2ccccc2-c2ccccc21. The number of fused-ring (bicyclic) bond motifs is 21. The average molecular weight is 697 g/mol. The predicted molar refractivity (Wildman–Crippen MR) is 223 cm³/mol. The highest BCUT2D eigenvalue weighted by Crippen LogP contribution is 2.66. The van der Waals surface area contributed by atoms with E-state index in [9.17, 15) is 0 Å². The van der Waals surface area contributed by atoms with Crippen LogP contribution in [0.1, 0.15) is 44.5 Å². The van der Waals surface area contributed by atoms with Gasteiger partial charge in [0, 0.05) is 16.7 Å². The van der Waals surface area contributed by atoms with Crippen LogP contribution in [0.5, 0.6) is 11.5 Å². The lowest BCUT2D eigenvalue weighted by Gasteiger charge is -2.40. The fourth-order valence-corrected chi connectivity index (χ4v) is 11.2. The molecule has 2 spiro atoms. The second kappa shape index (κ2) is 10.4. The summed E-state index contributed by atoms with van der Waals surface area (Å²) in [6, 6.07) is 72.2. The molecule has 0 bridgehead atoms. The van der Waals surface area contributed by atoms with E-state index in [4.69, 9.17) is 4.74 Å². The van der Waals surface area contributed by atoms with Crippen LogP contribution in [-0.2, 0) is 10.8 Å². The van der Waals surface area contributed by atoms with Crippen molar-refractivity contribution in [3.63, 3.8) is 0 Å². The van der Waals surface area contributed by atoms with E-state index in [1.807, 2.05) is 0 Å². The largest absolute Gasteiger partial charge is 0.456 e. The van der Waals surface area contributed by atoms with Gasteiger partial charge in [-0.15, -0.1) is 0 Å². The lowest BCUT2D eigenvalue weighted by atomic mass is 9.65.